The molecular formula is C14H16F4N2O. The van der Waals surface area contributed by atoms with Crippen molar-refractivity contribution in [2.45, 2.75) is 44.4 Å². The van der Waals surface area contributed by atoms with E-state index in [1.54, 1.807) is 13.8 Å². The van der Waals surface area contributed by atoms with Crippen LogP contribution in [0.1, 0.15) is 25.8 Å². The van der Waals surface area contributed by atoms with E-state index < -0.39 is 35.9 Å². The highest BCUT2D eigenvalue weighted by Gasteiger charge is 2.52. The van der Waals surface area contributed by atoms with Crippen molar-refractivity contribution in [3.8, 4) is 0 Å². The van der Waals surface area contributed by atoms with Crippen LogP contribution < -0.4 is 5.43 Å². The molecule has 1 N–H and O–H groups in total. The van der Waals surface area contributed by atoms with Gasteiger partial charge in [-0.2, -0.15) is 13.2 Å². The average Bonchev–Trinajstić information content (AvgIpc) is 2.59. The molecule has 1 atom stereocenters. The first-order chi connectivity index (χ1) is 9.61. The number of carbonyl (C=O) groups excluding carboxylic acids is 1. The first kappa shape index (κ1) is 15.8. The van der Waals surface area contributed by atoms with Crippen LogP contribution in [0.2, 0.25) is 0 Å². The standard InChI is InChI=1S/C14H16F4N2O/c1-13(2)8-12(21)19-20(13)11(14(16,17)18)7-9-5-3-4-6-10(9)15/h3-6,11H,7-8H2,1-2H3,(H,19,21). The Kier molecular flexibility index (Phi) is 3.97. The molecule has 1 amide bonds. The third kappa shape index (κ3) is 3.34. The summed E-state index contributed by atoms with van der Waals surface area (Å²) in [4.78, 5) is 11.4. The van der Waals surface area contributed by atoms with Crippen LogP contribution in [0.5, 0.6) is 0 Å². The normalized spacial score (nSPS) is 20.4. The van der Waals surface area contributed by atoms with Gasteiger partial charge in [-0.15, -0.1) is 0 Å². The van der Waals surface area contributed by atoms with E-state index in [-0.39, 0.29) is 12.0 Å². The van der Waals surface area contributed by atoms with Crippen LogP contribution in [0.4, 0.5) is 17.6 Å². The SMILES string of the molecule is CC1(C)CC(=O)NN1C(Cc1ccccc1F)C(F)(F)F. The summed E-state index contributed by atoms with van der Waals surface area (Å²) < 4.78 is 53.7. The molecule has 2 rings (SSSR count). The summed E-state index contributed by atoms with van der Waals surface area (Å²) >= 11 is 0. The number of carbonyl (C=O) groups is 1. The van der Waals surface area contributed by atoms with Crippen molar-refractivity contribution in [3.63, 3.8) is 0 Å². The fraction of sp³-hybridized carbons (Fsp3) is 0.500. The van der Waals surface area contributed by atoms with Crippen molar-refractivity contribution in [1.82, 2.24) is 10.4 Å². The Balaban J connectivity index is 2.32. The minimum atomic E-state index is -4.59. The second kappa shape index (κ2) is 5.29. The quantitative estimate of drug-likeness (QED) is 0.871. The minimum absolute atomic E-state index is 0.0308. The number of hydrogen-bond acceptors (Lipinski definition) is 2. The Labute approximate surface area is 119 Å². The second-order valence-electron chi connectivity index (χ2n) is 5.75. The number of benzene rings is 1. The van der Waals surface area contributed by atoms with E-state index in [0.29, 0.717) is 0 Å². The molecule has 1 aliphatic rings. The molecule has 7 heteroatoms. The third-order valence-electron chi connectivity index (χ3n) is 3.55. The summed E-state index contributed by atoms with van der Waals surface area (Å²) in [6.45, 7) is 3.09. The van der Waals surface area contributed by atoms with E-state index >= 15 is 0 Å². The van der Waals surface area contributed by atoms with Gasteiger partial charge in [-0.3, -0.25) is 10.2 Å². The van der Waals surface area contributed by atoms with E-state index in [9.17, 15) is 22.4 Å². The largest absolute Gasteiger partial charge is 0.406 e. The van der Waals surface area contributed by atoms with Gasteiger partial charge in [-0.1, -0.05) is 18.2 Å². The number of alkyl halides is 3. The molecule has 1 aromatic carbocycles. The smallest absolute Gasteiger partial charge is 0.288 e. The molecule has 1 aliphatic heterocycles. The molecular weight excluding hydrogens is 288 g/mol. The maximum atomic E-state index is 13.6. The second-order valence-corrected chi connectivity index (χ2v) is 5.75. The number of nitrogens with one attached hydrogen (secondary N) is 1. The zero-order valence-corrected chi connectivity index (χ0v) is 11.7. The molecule has 0 radical (unpaired) electrons. The maximum Gasteiger partial charge on any atom is 0.406 e. The fourth-order valence-electron chi connectivity index (χ4n) is 2.53. The van der Waals surface area contributed by atoms with Gasteiger partial charge in [0.25, 0.3) is 0 Å². The van der Waals surface area contributed by atoms with Crippen LogP contribution >= 0.6 is 0 Å². The lowest BCUT2D eigenvalue weighted by atomic mass is 9.97. The monoisotopic (exact) mass is 304 g/mol. The number of halogens is 4. The minimum Gasteiger partial charge on any atom is -0.288 e. The highest BCUT2D eigenvalue weighted by atomic mass is 19.4. The van der Waals surface area contributed by atoms with Crippen LogP contribution in [-0.4, -0.2) is 28.7 Å². The van der Waals surface area contributed by atoms with Crippen molar-refractivity contribution in [2.75, 3.05) is 0 Å². The van der Waals surface area contributed by atoms with Crippen molar-refractivity contribution in [2.24, 2.45) is 0 Å². The third-order valence-corrected chi connectivity index (χ3v) is 3.55. The Hall–Kier alpha value is -1.63. The predicted molar refractivity (Wildman–Crippen MR) is 68.6 cm³/mol. The molecule has 0 aromatic heterocycles. The topological polar surface area (TPSA) is 32.3 Å². The molecule has 0 saturated carbocycles. The number of rotatable bonds is 3. The molecule has 21 heavy (non-hydrogen) atoms. The number of hydrazine groups is 1. The van der Waals surface area contributed by atoms with E-state index in [2.05, 4.69) is 5.43 Å². The molecule has 3 nitrogen and oxygen atoms in total. The Morgan fingerprint density at radius 2 is 1.95 bits per heavy atom. The lowest BCUT2D eigenvalue weighted by Gasteiger charge is -2.37. The molecule has 1 unspecified atom stereocenters. The predicted octanol–water partition coefficient (Wildman–Crippen LogP) is 2.81. The molecule has 1 saturated heterocycles. The lowest BCUT2D eigenvalue weighted by molar-refractivity contribution is -0.200. The van der Waals surface area contributed by atoms with Gasteiger partial charge < -0.3 is 0 Å². The zero-order valence-electron chi connectivity index (χ0n) is 11.7. The summed E-state index contributed by atoms with van der Waals surface area (Å²) in [5.74, 6) is -1.15. The number of amides is 1. The highest BCUT2D eigenvalue weighted by molar-refractivity contribution is 5.78. The summed E-state index contributed by atoms with van der Waals surface area (Å²) in [6, 6.07) is 3.37. The molecule has 1 fully saturated rings. The van der Waals surface area contributed by atoms with Crippen molar-refractivity contribution in [3.05, 3.63) is 35.6 Å². The van der Waals surface area contributed by atoms with Crippen LogP contribution in [0.25, 0.3) is 0 Å². The molecule has 1 heterocycles. The molecule has 1 aromatic rings. The van der Waals surface area contributed by atoms with Gasteiger partial charge in [0.2, 0.25) is 5.91 Å². The summed E-state index contributed by atoms with van der Waals surface area (Å²) in [5.41, 5.74) is 1.23. The molecule has 116 valence electrons. The molecule has 0 aliphatic carbocycles. The van der Waals surface area contributed by atoms with Crippen molar-refractivity contribution in [1.29, 1.82) is 0 Å². The Morgan fingerprint density at radius 3 is 2.43 bits per heavy atom. The van der Waals surface area contributed by atoms with E-state index in [0.717, 1.165) is 11.1 Å². The van der Waals surface area contributed by atoms with Gasteiger partial charge in [-0.25, -0.2) is 9.40 Å². The van der Waals surface area contributed by atoms with Crippen LogP contribution in [0.3, 0.4) is 0 Å². The van der Waals surface area contributed by atoms with Gasteiger partial charge in [-0.05, 0) is 25.5 Å². The highest BCUT2D eigenvalue weighted by Crippen LogP contribution is 2.35. The van der Waals surface area contributed by atoms with Gasteiger partial charge in [0, 0.05) is 18.4 Å². The molecule has 0 bridgehead atoms. The van der Waals surface area contributed by atoms with E-state index in [4.69, 9.17) is 0 Å². The van der Waals surface area contributed by atoms with Crippen LogP contribution in [-0.2, 0) is 11.2 Å². The van der Waals surface area contributed by atoms with Crippen LogP contribution in [0.15, 0.2) is 24.3 Å². The van der Waals surface area contributed by atoms with Gasteiger partial charge in [0.15, 0.2) is 0 Å². The van der Waals surface area contributed by atoms with Crippen molar-refractivity contribution < 1.29 is 22.4 Å². The Morgan fingerprint density at radius 1 is 1.33 bits per heavy atom. The first-order valence-corrected chi connectivity index (χ1v) is 6.50. The van der Waals surface area contributed by atoms with Gasteiger partial charge in [0.1, 0.15) is 11.9 Å². The van der Waals surface area contributed by atoms with Crippen molar-refractivity contribution >= 4 is 5.91 Å². The summed E-state index contributed by atoms with van der Waals surface area (Å²) in [5, 5.41) is 0.891. The van der Waals surface area contributed by atoms with E-state index in [1.165, 1.54) is 18.2 Å². The lowest BCUT2D eigenvalue weighted by Crippen LogP contribution is -2.57. The fourth-order valence-corrected chi connectivity index (χ4v) is 2.53. The molecule has 0 spiro atoms. The van der Waals surface area contributed by atoms with E-state index in [1.807, 2.05) is 0 Å². The maximum absolute atomic E-state index is 13.6. The number of hydrogen-bond donors (Lipinski definition) is 1. The first-order valence-electron chi connectivity index (χ1n) is 6.50. The van der Waals surface area contributed by atoms with Gasteiger partial charge >= 0.3 is 6.18 Å². The van der Waals surface area contributed by atoms with Crippen LogP contribution in [0, 0.1) is 5.82 Å². The Bertz CT molecular complexity index is 542. The van der Waals surface area contributed by atoms with Gasteiger partial charge in [0.05, 0.1) is 0 Å². The average molecular weight is 304 g/mol. The summed E-state index contributed by atoms with van der Waals surface area (Å²) in [7, 11) is 0. The summed E-state index contributed by atoms with van der Waals surface area (Å²) in [6.07, 6.45) is -5.17. The zero-order chi connectivity index (χ0) is 15.8. The number of nitrogens with zero attached hydrogens (tertiary/aromatic N) is 1.